The van der Waals surface area contributed by atoms with Crippen LogP contribution in [-0.2, 0) is 14.4 Å². The number of rotatable bonds is 33. The van der Waals surface area contributed by atoms with Crippen LogP contribution in [0.15, 0.2) is 12.2 Å². The minimum atomic E-state index is -1.09. The molecule has 0 fully saturated rings. The van der Waals surface area contributed by atoms with Gasteiger partial charge in [0, 0.05) is 31.1 Å². The average molecular weight is 638 g/mol. The van der Waals surface area contributed by atoms with Gasteiger partial charge in [-0.2, -0.15) is 0 Å². The van der Waals surface area contributed by atoms with Gasteiger partial charge in [-0.25, -0.2) is 0 Å². The van der Waals surface area contributed by atoms with Gasteiger partial charge >= 0.3 is 11.9 Å². The molecule has 0 aliphatic heterocycles. The van der Waals surface area contributed by atoms with Crippen LogP contribution in [0, 0.1) is 17.8 Å². The normalized spacial score (nSPS) is 15.1. The number of aliphatic carboxylic acids is 3. The molecule has 264 valence electrons. The summed E-state index contributed by atoms with van der Waals surface area (Å²) in [6, 6.07) is 0. The summed E-state index contributed by atoms with van der Waals surface area (Å²) in [4.78, 5) is 34.4. The summed E-state index contributed by atoms with van der Waals surface area (Å²) in [5, 5.41) is 30.3. The summed E-state index contributed by atoms with van der Waals surface area (Å²) in [7, 11) is 0. The van der Waals surface area contributed by atoms with E-state index in [2.05, 4.69) is 19.1 Å². The summed E-state index contributed by atoms with van der Waals surface area (Å²) < 4.78 is 0.502. The van der Waals surface area contributed by atoms with Gasteiger partial charge in [0.15, 0.2) is 0 Å². The van der Waals surface area contributed by atoms with Crippen LogP contribution in [0.4, 0.5) is 0 Å². The molecule has 3 atom stereocenters. The third-order valence-electron chi connectivity index (χ3n) is 9.74. The van der Waals surface area contributed by atoms with E-state index in [1.807, 2.05) is 0 Å². The second-order valence-corrected chi connectivity index (χ2v) is 14.0. The highest BCUT2D eigenvalue weighted by Gasteiger charge is 2.30. The van der Waals surface area contributed by atoms with Crippen molar-refractivity contribution in [1.82, 2.24) is 0 Å². The molecule has 45 heavy (non-hydrogen) atoms. The van der Waals surface area contributed by atoms with Gasteiger partial charge in [-0.1, -0.05) is 143 Å². The molecule has 0 rings (SSSR count). The van der Waals surface area contributed by atoms with Gasteiger partial charge in [-0.05, 0) is 18.9 Å². The van der Waals surface area contributed by atoms with Gasteiger partial charge in [0.25, 0.3) is 0 Å². The molecule has 0 bridgehead atoms. The first-order chi connectivity index (χ1) is 21.5. The number of quaternary nitrogens is 1. The monoisotopic (exact) mass is 638 g/mol. The lowest BCUT2D eigenvalue weighted by molar-refractivity contribution is -0.924. The molecule has 0 aliphatic rings. The molecule has 0 radical (unpaired) electrons. The molecule has 0 heterocycles. The molecule has 0 aromatic heterocycles. The van der Waals surface area contributed by atoms with Crippen LogP contribution in [0.5, 0.6) is 0 Å². The Morgan fingerprint density at radius 2 is 0.889 bits per heavy atom. The molecule has 0 amide bonds. The quantitative estimate of drug-likeness (QED) is 0.0422. The van der Waals surface area contributed by atoms with Crippen LogP contribution < -0.4 is 5.11 Å². The smallest absolute Gasteiger partial charge is 0.306 e. The summed E-state index contributed by atoms with van der Waals surface area (Å²) in [6.45, 7) is 9.64. The molecule has 0 aliphatic carbocycles. The van der Waals surface area contributed by atoms with Crippen molar-refractivity contribution in [2.24, 2.45) is 17.8 Å². The number of unbranched alkanes of at least 4 members (excludes halogenated alkanes) is 18. The second kappa shape index (κ2) is 28.3. The zero-order valence-corrected chi connectivity index (χ0v) is 29.7. The first kappa shape index (κ1) is 43.1. The lowest BCUT2D eigenvalue weighted by Gasteiger charge is -2.40. The maximum Gasteiger partial charge on any atom is 0.306 e. The number of hydrogen-bond donors (Lipinski definition) is 2. The van der Waals surface area contributed by atoms with E-state index >= 15 is 0 Å². The molecule has 7 nitrogen and oxygen atoms in total. The SMILES string of the molecule is CCCCCCCCCCCCCCCCCCCC/C=C/C[N+](CCC(C)C(=O)[O-])(CCC(C)C(=O)O)CCC(C)C(=O)O. The average Bonchev–Trinajstić information content (AvgIpc) is 3.01. The van der Waals surface area contributed by atoms with Gasteiger partial charge in [-0.15, -0.1) is 0 Å². The molecule has 0 saturated carbocycles. The molecule has 0 saturated heterocycles. The van der Waals surface area contributed by atoms with Gasteiger partial charge in [0.2, 0.25) is 0 Å². The summed E-state index contributed by atoms with van der Waals surface area (Å²) in [6.07, 6.45) is 31.1. The first-order valence-corrected chi connectivity index (χ1v) is 18.7. The molecular weight excluding hydrogens is 566 g/mol. The van der Waals surface area contributed by atoms with E-state index in [0.717, 1.165) is 12.8 Å². The first-order valence-electron chi connectivity index (χ1n) is 18.7. The Morgan fingerprint density at radius 1 is 0.556 bits per heavy atom. The third-order valence-corrected chi connectivity index (χ3v) is 9.74. The Hall–Kier alpha value is -1.89. The van der Waals surface area contributed by atoms with Crippen molar-refractivity contribution in [2.45, 2.75) is 169 Å². The minimum Gasteiger partial charge on any atom is -0.550 e. The lowest BCUT2D eigenvalue weighted by Crippen LogP contribution is -2.52. The van der Waals surface area contributed by atoms with Gasteiger partial charge < -0.3 is 24.6 Å². The Morgan fingerprint density at radius 3 is 1.22 bits per heavy atom. The van der Waals surface area contributed by atoms with Crippen molar-refractivity contribution in [3.63, 3.8) is 0 Å². The molecule has 0 spiro atoms. The van der Waals surface area contributed by atoms with Crippen LogP contribution in [0.3, 0.4) is 0 Å². The van der Waals surface area contributed by atoms with E-state index < -0.39 is 35.7 Å². The maximum absolute atomic E-state index is 11.5. The van der Waals surface area contributed by atoms with Crippen molar-refractivity contribution in [1.29, 1.82) is 0 Å². The minimum absolute atomic E-state index is 0.415. The van der Waals surface area contributed by atoms with Gasteiger partial charge in [0.05, 0.1) is 38.0 Å². The number of carboxylic acids is 3. The molecule has 0 aromatic rings. The summed E-state index contributed by atoms with van der Waals surface area (Å²) >= 11 is 0. The van der Waals surface area contributed by atoms with Crippen LogP contribution in [0.2, 0.25) is 0 Å². The zero-order chi connectivity index (χ0) is 33.8. The van der Waals surface area contributed by atoms with E-state index in [0.29, 0.717) is 49.9 Å². The second-order valence-electron chi connectivity index (χ2n) is 14.0. The molecule has 3 unspecified atom stereocenters. The topological polar surface area (TPSA) is 115 Å². The van der Waals surface area contributed by atoms with E-state index in [9.17, 15) is 29.7 Å². The Kier molecular flexibility index (Phi) is 27.2. The standard InChI is InChI=1S/C38H71NO6/c1-5-6-7-8-9-10-11-12-13-14-15-16-17-18-19-20-21-22-23-24-25-29-39(30-26-33(2)36(40)41,31-27-34(3)37(42)43)32-28-35(4)38(44)45/h24-25,33-35H,5-23,26-32H2,1-4H3,(H2-,40,41,42,43,44,45)/b25-24+. The molecule has 2 N–H and O–H groups in total. The van der Waals surface area contributed by atoms with Crippen molar-refractivity contribution < 1.29 is 34.2 Å². The van der Waals surface area contributed by atoms with E-state index in [4.69, 9.17) is 0 Å². The highest BCUT2D eigenvalue weighted by molar-refractivity contribution is 5.69. The van der Waals surface area contributed by atoms with Crippen molar-refractivity contribution in [3.05, 3.63) is 12.2 Å². The van der Waals surface area contributed by atoms with Gasteiger partial charge in [-0.3, -0.25) is 9.59 Å². The Bertz CT molecular complexity index is 722. The predicted octanol–water partition coefficient (Wildman–Crippen LogP) is 8.79. The number of carbonyl (C=O) groups excluding carboxylic acids is 1. The lowest BCUT2D eigenvalue weighted by atomic mass is 10.0. The molecule has 0 aromatic carbocycles. The predicted molar refractivity (Wildman–Crippen MR) is 184 cm³/mol. The number of allylic oxidation sites excluding steroid dienone is 1. The van der Waals surface area contributed by atoms with E-state index in [1.54, 1.807) is 20.8 Å². The van der Waals surface area contributed by atoms with Gasteiger partial charge in [0.1, 0.15) is 0 Å². The molecular formula is C38H71NO6. The fourth-order valence-electron chi connectivity index (χ4n) is 5.96. The number of carbonyl (C=O) groups is 3. The van der Waals surface area contributed by atoms with Crippen LogP contribution in [-0.4, -0.2) is 58.8 Å². The largest absolute Gasteiger partial charge is 0.550 e. The summed E-state index contributed by atoms with van der Waals surface area (Å²) in [5.74, 6) is -4.42. The molecule has 7 heteroatoms. The number of nitrogens with zero attached hydrogens (tertiary/aromatic N) is 1. The number of carboxylic acid groups (broad SMARTS) is 3. The van der Waals surface area contributed by atoms with Crippen molar-refractivity contribution in [2.75, 3.05) is 26.2 Å². The fourth-order valence-corrected chi connectivity index (χ4v) is 5.96. The van der Waals surface area contributed by atoms with E-state index in [1.165, 1.54) is 109 Å². The van der Waals surface area contributed by atoms with E-state index in [-0.39, 0.29) is 0 Å². The van der Waals surface area contributed by atoms with Crippen LogP contribution in [0.25, 0.3) is 0 Å². The van der Waals surface area contributed by atoms with Crippen LogP contribution in [0.1, 0.15) is 169 Å². The van der Waals surface area contributed by atoms with Crippen molar-refractivity contribution in [3.8, 4) is 0 Å². The highest BCUT2D eigenvalue weighted by atomic mass is 16.4. The third kappa shape index (κ3) is 24.9. The van der Waals surface area contributed by atoms with Crippen LogP contribution >= 0.6 is 0 Å². The summed E-state index contributed by atoms with van der Waals surface area (Å²) in [5.41, 5.74) is 0. The highest BCUT2D eigenvalue weighted by Crippen LogP contribution is 2.20. The Balaban J connectivity index is 4.40. The van der Waals surface area contributed by atoms with Crippen molar-refractivity contribution >= 4 is 17.9 Å². The maximum atomic E-state index is 11.5. The number of hydrogen-bond acceptors (Lipinski definition) is 4. The Labute approximate surface area is 276 Å². The zero-order valence-electron chi connectivity index (χ0n) is 29.7. The fraction of sp³-hybridized carbons (Fsp3) is 0.868.